The summed E-state index contributed by atoms with van der Waals surface area (Å²) in [6.07, 6.45) is 8.42. The van der Waals surface area contributed by atoms with Gasteiger partial charge in [-0.3, -0.25) is 4.79 Å². The number of nitrogens with one attached hydrogen (secondary N) is 1. The zero-order chi connectivity index (χ0) is 12.0. The lowest BCUT2D eigenvalue weighted by Gasteiger charge is -2.03. The number of pyridine rings is 1. The Morgan fingerprint density at radius 2 is 2.25 bits per heavy atom. The monoisotopic (exact) mass is 280 g/mol. The molecule has 0 atom stereocenters. The number of hydrogen-bond acceptors (Lipinski definition) is 2. The molecule has 0 aliphatic carbocycles. The number of allylic oxidation sites excluding steroid dienone is 3. The minimum absolute atomic E-state index is 0.165. The van der Waals surface area contributed by atoms with Crippen LogP contribution >= 0.6 is 15.9 Å². The first-order valence-corrected chi connectivity index (χ1v) is 5.65. The first kappa shape index (κ1) is 12.6. The van der Waals surface area contributed by atoms with Gasteiger partial charge in [0.1, 0.15) is 4.60 Å². The third kappa shape index (κ3) is 3.98. The molecule has 1 N–H and O–H groups in total. The number of aromatic nitrogens is 1. The maximum atomic E-state index is 11.4. The van der Waals surface area contributed by atoms with Crippen molar-refractivity contribution in [2.45, 2.75) is 13.8 Å². The third-order valence-electron chi connectivity index (χ3n) is 1.83. The minimum Gasteiger partial charge on any atom is -0.321 e. The van der Waals surface area contributed by atoms with Gasteiger partial charge in [-0.1, -0.05) is 18.2 Å². The summed E-state index contributed by atoms with van der Waals surface area (Å²) in [6, 6.07) is 1.86. The van der Waals surface area contributed by atoms with E-state index < -0.39 is 0 Å². The van der Waals surface area contributed by atoms with Crippen molar-refractivity contribution in [1.82, 2.24) is 4.98 Å². The smallest absolute Gasteiger partial charge is 0.248 e. The van der Waals surface area contributed by atoms with Crippen molar-refractivity contribution in [2.24, 2.45) is 0 Å². The third-order valence-corrected chi connectivity index (χ3v) is 2.66. The second-order valence-corrected chi connectivity index (χ2v) is 3.96. The Balaban J connectivity index is 2.66. The Morgan fingerprint density at radius 1 is 1.50 bits per heavy atom. The average Bonchev–Trinajstić information content (AvgIpc) is 2.24. The number of aryl methyl sites for hydroxylation is 1. The number of halogens is 1. The van der Waals surface area contributed by atoms with Crippen molar-refractivity contribution in [1.29, 1.82) is 0 Å². The van der Waals surface area contributed by atoms with E-state index in [2.05, 4.69) is 26.2 Å². The zero-order valence-electron chi connectivity index (χ0n) is 9.20. The number of anilines is 1. The lowest BCUT2D eigenvalue weighted by molar-refractivity contribution is -0.111. The van der Waals surface area contributed by atoms with Crippen molar-refractivity contribution in [2.75, 3.05) is 5.32 Å². The van der Waals surface area contributed by atoms with E-state index in [1.165, 1.54) is 6.08 Å². The molecule has 3 nitrogen and oxygen atoms in total. The molecular formula is C12H13BrN2O. The van der Waals surface area contributed by atoms with E-state index in [1.54, 1.807) is 18.3 Å². The average molecular weight is 281 g/mol. The van der Waals surface area contributed by atoms with E-state index in [0.717, 1.165) is 10.2 Å². The maximum absolute atomic E-state index is 11.4. The molecule has 0 saturated heterocycles. The van der Waals surface area contributed by atoms with E-state index in [4.69, 9.17) is 0 Å². The summed E-state index contributed by atoms with van der Waals surface area (Å²) in [5.74, 6) is -0.165. The second-order valence-electron chi connectivity index (χ2n) is 3.21. The molecule has 1 amide bonds. The highest BCUT2D eigenvalue weighted by Crippen LogP contribution is 2.16. The van der Waals surface area contributed by atoms with Crippen LogP contribution in [0.5, 0.6) is 0 Å². The summed E-state index contributed by atoms with van der Waals surface area (Å²) in [7, 11) is 0. The molecule has 0 aliphatic heterocycles. The minimum atomic E-state index is -0.165. The molecule has 0 aromatic carbocycles. The summed E-state index contributed by atoms with van der Waals surface area (Å²) >= 11 is 3.30. The fourth-order valence-corrected chi connectivity index (χ4v) is 1.28. The SMILES string of the molecule is CC=CC=CC(=O)Nc1cnc(Br)c(C)c1. The molecule has 0 radical (unpaired) electrons. The van der Waals surface area contributed by atoms with Gasteiger partial charge in [0.05, 0.1) is 11.9 Å². The topological polar surface area (TPSA) is 42.0 Å². The van der Waals surface area contributed by atoms with Crippen molar-refractivity contribution < 1.29 is 4.79 Å². The predicted molar refractivity (Wildman–Crippen MR) is 69.3 cm³/mol. The van der Waals surface area contributed by atoms with Crippen LogP contribution in [0.4, 0.5) is 5.69 Å². The lowest BCUT2D eigenvalue weighted by Crippen LogP contribution is -2.08. The second kappa shape index (κ2) is 6.23. The number of carbonyl (C=O) groups is 1. The van der Waals surface area contributed by atoms with Crippen molar-refractivity contribution in [3.63, 3.8) is 0 Å². The highest BCUT2D eigenvalue weighted by atomic mass is 79.9. The van der Waals surface area contributed by atoms with Gasteiger partial charge in [-0.15, -0.1) is 0 Å². The fourth-order valence-electron chi connectivity index (χ4n) is 1.06. The van der Waals surface area contributed by atoms with Crippen molar-refractivity contribution in [3.8, 4) is 0 Å². The quantitative estimate of drug-likeness (QED) is 0.525. The summed E-state index contributed by atoms with van der Waals surface area (Å²) in [5.41, 5.74) is 1.67. The van der Waals surface area contributed by atoms with E-state index in [1.807, 2.05) is 26.0 Å². The molecule has 0 bridgehead atoms. The van der Waals surface area contributed by atoms with Gasteiger partial charge in [0.2, 0.25) is 5.91 Å². The Kier molecular flexibility index (Phi) is 4.92. The molecular weight excluding hydrogens is 268 g/mol. The number of rotatable bonds is 3. The molecule has 0 aliphatic rings. The molecule has 1 rings (SSSR count). The van der Waals surface area contributed by atoms with Gasteiger partial charge in [-0.2, -0.15) is 0 Å². The first-order chi connectivity index (χ1) is 7.63. The van der Waals surface area contributed by atoms with Gasteiger partial charge in [0, 0.05) is 6.08 Å². The number of nitrogens with zero attached hydrogens (tertiary/aromatic N) is 1. The van der Waals surface area contributed by atoms with Crippen LogP contribution in [0.3, 0.4) is 0 Å². The Hall–Kier alpha value is -1.42. The van der Waals surface area contributed by atoms with Crippen LogP contribution < -0.4 is 5.32 Å². The molecule has 1 aromatic heterocycles. The predicted octanol–water partition coefficient (Wildman–Crippen LogP) is 3.22. The summed E-state index contributed by atoms with van der Waals surface area (Å²) in [4.78, 5) is 15.5. The Labute approximate surface area is 103 Å². The van der Waals surface area contributed by atoms with Gasteiger partial charge in [-0.25, -0.2) is 4.98 Å². The van der Waals surface area contributed by atoms with E-state index in [-0.39, 0.29) is 5.91 Å². The highest BCUT2D eigenvalue weighted by Gasteiger charge is 2.00. The van der Waals surface area contributed by atoms with Crippen LogP contribution in [0, 0.1) is 6.92 Å². The molecule has 1 aromatic rings. The number of carbonyl (C=O) groups excluding carboxylic acids is 1. The first-order valence-electron chi connectivity index (χ1n) is 4.86. The van der Waals surface area contributed by atoms with Gasteiger partial charge in [0.15, 0.2) is 0 Å². The van der Waals surface area contributed by atoms with E-state index in [9.17, 15) is 4.79 Å². The normalized spacial score (nSPS) is 11.2. The lowest BCUT2D eigenvalue weighted by atomic mass is 10.3. The van der Waals surface area contributed by atoms with E-state index in [0.29, 0.717) is 5.69 Å². The molecule has 4 heteroatoms. The van der Waals surface area contributed by atoms with E-state index >= 15 is 0 Å². The molecule has 0 saturated carbocycles. The summed E-state index contributed by atoms with van der Waals surface area (Å²) < 4.78 is 0.787. The van der Waals surface area contributed by atoms with Crippen molar-refractivity contribution >= 4 is 27.5 Å². The van der Waals surface area contributed by atoms with Crippen LogP contribution in [0.1, 0.15) is 12.5 Å². The molecule has 84 valence electrons. The summed E-state index contributed by atoms with van der Waals surface area (Å²) in [6.45, 7) is 3.81. The van der Waals surface area contributed by atoms with Crippen LogP contribution in [-0.4, -0.2) is 10.9 Å². The molecule has 1 heterocycles. The number of hydrogen-bond donors (Lipinski definition) is 1. The zero-order valence-corrected chi connectivity index (χ0v) is 10.8. The molecule has 0 spiro atoms. The largest absolute Gasteiger partial charge is 0.321 e. The Bertz CT molecular complexity index is 439. The van der Waals surface area contributed by atoms with Gasteiger partial charge < -0.3 is 5.32 Å². The maximum Gasteiger partial charge on any atom is 0.248 e. The van der Waals surface area contributed by atoms with Gasteiger partial charge >= 0.3 is 0 Å². The Morgan fingerprint density at radius 3 is 2.88 bits per heavy atom. The molecule has 0 unspecified atom stereocenters. The van der Waals surface area contributed by atoms with Crippen LogP contribution in [0.25, 0.3) is 0 Å². The van der Waals surface area contributed by atoms with Crippen molar-refractivity contribution in [3.05, 3.63) is 46.7 Å². The van der Waals surface area contributed by atoms with Gasteiger partial charge in [-0.05, 0) is 41.4 Å². The highest BCUT2D eigenvalue weighted by molar-refractivity contribution is 9.10. The fraction of sp³-hybridized carbons (Fsp3) is 0.167. The van der Waals surface area contributed by atoms with Crippen LogP contribution in [-0.2, 0) is 4.79 Å². The molecule has 0 fully saturated rings. The van der Waals surface area contributed by atoms with Crippen LogP contribution in [0.15, 0.2) is 41.2 Å². The molecule has 16 heavy (non-hydrogen) atoms. The standard InChI is InChI=1S/C12H13BrN2O/c1-3-4-5-6-11(16)15-10-7-9(2)12(13)14-8-10/h3-8H,1-2H3,(H,15,16). The van der Waals surface area contributed by atoms with Crippen LogP contribution in [0.2, 0.25) is 0 Å². The summed E-state index contributed by atoms with van der Waals surface area (Å²) in [5, 5.41) is 2.73. The number of amides is 1. The van der Waals surface area contributed by atoms with Gasteiger partial charge in [0.25, 0.3) is 0 Å².